The third kappa shape index (κ3) is 5.16. The van der Waals surface area contributed by atoms with Gasteiger partial charge in [-0.15, -0.1) is 0 Å². The molecule has 0 unspecified atom stereocenters. The van der Waals surface area contributed by atoms with Crippen LogP contribution in [0.1, 0.15) is 15.2 Å². The summed E-state index contributed by atoms with van der Waals surface area (Å²) in [5, 5.41) is 14.7. The van der Waals surface area contributed by atoms with Gasteiger partial charge in [0.2, 0.25) is 0 Å². The Balaban J connectivity index is 1.66. The van der Waals surface area contributed by atoms with Crippen LogP contribution in [0, 0.1) is 10.1 Å². The summed E-state index contributed by atoms with van der Waals surface area (Å²) in [6, 6.07) is 12.2. The molecule has 34 heavy (non-hydrogen) atoms. The molecule has 1 N–H and O–H groups in total. The summed E-state index contributed by atoms with van der Waals surface area (Å²) in [5.74, 6) is -0.270. The van der Waals surface area contributed by atoms with Gasteiger partial charge in [0, 0.05) is 36.1 Å². The molecule has 2 heterocycles. The Morgan fingerprint density at radius 1 is 1.18 bits per heavy atom. The number of amides is 1. The van der Waals surface area contributed by atoms with Gasteiger partial charge in [0.15, 0.2) is 16.6 Å². The first-order valence-corrected chi connectivity index (χ1v) is 11.4. The van der Waals surface area contributed by atoms with Crippen molar-refractivity contribution >= 4 is 28.1 Å². The quantitative estimate of drug-likeness (QED) is 0.379. The van der Waals surface area contributed by atoms with Crippen molar-refractivity contribution < 1.29 is 23.9 Å². The lowest BCUT2D eigenvalue weighted by Crippen LogP contribution is -2.35. The molecule has 3 aromatic rings. The summed E-state index contributed by atoms with van der Waals surface area (Å²) in [6.07, 6.45) is 0. The first-order valence-electron chi connectivity index (χ1n) is 10.6. The Morgan fingerprint density at radius 2 is 1.85 bits per heavy atom. The van der Waals surface area contributed by atoms with Crippen molar-refractivity contribution in [2.24, 2.45) is 0 Å². The van der Waals surface area contributed by atoms with Crippen LogP contribution in [-0.2, 0) is 11.3 Å². The van der Waals surface area contributed by atoms with Gasteiger partial charge in [0.25, 0.3) is 11.6 Å². The van der Waals surface area contributed by atoms with E-state index >= 15 is 0 Å². The molecule has 1 amide bonds. The van der Waals surface area contributed by atoms with E-state index in [2.05, 4.69) is 15.2 Å². The van der Waals surface area contributed by atoms with Crippen LogP contribution in [0.15, 0.2) is 42.5 Å². The highest BCUT2D eigenvalue weighted by molar-refractivity contribution is 7.16. The predicted molar refractivity (Wildman–Crippen MR) is 128 cm³/mol. The summed E-state index contributed by atoms with van der Waals surface area (Å²) in [6.45, 7) is 3.63. The number of benzene rings is 2. The van der Waals surface area contributed by atoms with E-state index in [0.717, 1.165) is 29.2 Å². The molecular weight excluding hydrogens is 460 g/mol. The molecule has 1 saturated heterocycles. The number of nitro groups is 1. The number of rotatable bonds is 8. The molecule has 0 saturated carbocycles. The number of nitrogens with zero attached hydrogens (tertiary/aromatic N) is 3. The molecule has 1 aliphatic heterocycles. The zero-order valence-electron chi connectivity index (χ0n) is 18.8. The van der Waals surface area contributed by atoms with Gasteiger partial charge in [-0.1, -0.05) is 41.7 Å². The molecule has 0 aliphatic carbocycles. The molecule has 0 atom stereocenters. The highest BCUT2D eigenvalue weighted by Gasteiger charge is 2.26. The molecule has 2 aromatic carbocycles. The number of carbonyl (C=O) groups is 1. The molecule has 1 aliphatic rings. The van der Waals surface area contributed by atoms with Gasteiger partial charge in [0.05, 0.1) is 44.1 Å². The summed E-state index contributed by atoms with van der Waals surface area (Å²) in [5.41, 5.74) is 1.17. The van der Waals surface area contributed by atoms with Crippen molar-refractivity contribution in [2.75, 3.05) is 45.8 Å². The van der Waals surface area contributed by atoms with Crippen LogP contribution >= 0.6 is 11.3 Å². The fourth-order valence-electron chi connectivity index (χ4n) is 3.66. The van der Waals surface area contributed by atoms with Crippen molar-refractivity contribution in [3.63, 3.8) is 0 Å². The number of hydrogen-bond acceptors (Lipinski definition) is 9. The number of hydrogen-bond donors (Lipinski definition) is 1. The second kappa shape index (κ2) is 10.6. The van der Waals surface area contributed by atoms with Crippen molar-refractivity contribution in [3.8, 4) is 22.8 Å². The van der Waals surface area contributed by atoms with Crippen molar-refractivity contribution in [3.05, 3.63) is 63.0 Å². The van der Waals surface area contributed by atoms with E-state index in [9.17, 15) is 14.9 Å². The smallest absolute Gasteiger partial charge is 0.286 e. The molecule has 0 bridgehead atoms. The number of nitro benzene ring substituents is 1. The summed E-state index contributed by atoms with van der Waals surface area (Å²) in [7, 11) is 2.77. The van der Waals surface area contributed by atoms with E-state index < -0.39 is 10.8 Å². The highest BCUT2D eigenvalue weighted by atomic mass is 32.1. The fraction of sp³-hybridized carbons (Fsp3) is 0.304. The van der Waals surface area contributed by atoms with E-state index in [1.54, 1.807) is 0 Å². The fourth-order valence-corrected chi connectivity index (χ4v) is 4.68. The van der Waals surface area contributed by atoms with E-state index in [-0.39, 0.29) is 22.7 Å². The van der Waals surface area contributed by atoms with Gasteiger partial charge in [0.1, 0.15) is 5.56 Å². The van der Waals surface area contributed by atoms with Crippen LogP contribution in [0.5, 0.6) is 11.5 Å². The van der Waals surface area contributed by atoms with Crippen LogP contribution in [0.25, 0.3) is 11.3 Å². The van der Waals surface area contributed by atoms with E-state index in [1.165, 1.54) is 37.7 Å². The van der Waals surface area contributed by atoms with Crippen molar-refractivity contribution in [1.29, 1.82) is 0 Å². The van der Waals surface area contributed by atoms with Gasteiger partial charge >= 0.3 is 0 Å². The van der Waals surface area contributed by atoms with Crippen LogP contribution < -0.4 is 14.8 Å². The monoisotopic (exact) mass is 484 g/mol. The lowest BCUT2D eigenvalue weighted by atomic mass is 10.1. The largest absolute Gasteiger partial charge is 0.493 e. The minimum absolute atomic E-state index is 0.145. The maximum atomic E-state index is 13.1. The highest BCUT2D eigenvalue weighted by Crippen LogP contribution is 2.36. The molecule has 178 valence electrons. The zero-order valence-corrected chi connectivity index (χ0v) is 19.6. The second-order valence-electron chi connectivity index (χ2n) is 7.48. The zero-order chi connectivity index (χ0) is 24.1. The number of aromatic nitrogens is 1. The Bertz CT molecular complexity index is 1180. The third-order valence-electron chi connectivity index (χ3n) is 5.38. The SMILES string of the molecule is COc1cc(C(=O)Nc2nc(-c3ccccc3)c(CN3CCOCC3)s2)c([N+](=O)[O-])cc1OC. The van der Waals surface area contributed by atoms with Crippen LogP contribution in [0.4, 0.5) is 10.8 Å². The van der Waals surface area contributed by atoms with E-state index in [4.69, 9.17) is 14.2 Å². The molecule has 0 spiro atoms. The Morgan fingerprint density at radius 3 is 2.50 bits per heavy atom. The second-order valence-corrected chi connectivity index (χ2v) is 8.56. The average molecular weight is 485 g/mol. The number of carbonyl (C=O) groups excluding carboxylic acids is 1. The van der Waals surface area contributed by atoms with Gasteiger partial charge < -0.3 is 14.2 Å². The molecule has 1 aromatic heterocycles. The molecule has 11 heteroatoms. The normalized spacial score (nSPS) is 13.9. The molecular formula is C23H24N4O6S. The number of methoxy groups -OCH3 is 2. The Kier molecular flexibility index (Phi) is 7.36. The molecule has 1 fully saturated rings. The predicted octanol–water partition coefficient (Wildman–Crippen LogP) is 3.82. The van der Waals surface area contributed by atoms with Gasteiger partial charge in [-0.05, 0) is 0 Å². The average Bonchev–Trinajstić information content (AvgIpc) is 3.25. The lowest BCUT2D eigenvalue weighted by Gasteiger charge is -2.26. The lowest BCUT2D eigenvalue weighted by molar-refractivity contribution is -0.385. The Labute approximate surface area is 200 Å². The molecule has 0 radical (unpaired) electrons. The topological polar surface area (TPSA) is 116 Å². The first-order chi connectivity index (χ1) is 16.5. The van der Waals surface area contributed by atoms with Gasteiger partial charge in [-0.3, -0.25) is 25.1 Å². The number of anilines is 1. The van der Waals surface area contributed by atoms with E-state index in [0.29, 0.717) is 24.9 Å². The first kappa shape index (κ1) is 23.6. The van der Waals surface area contributed by atoms with Gasteiger partial charge in [-0.25, -0.2) is 4.98 Å². The number of thiazole rings is 1. The Hall–Kier alpha value is -3.54. The molecule has 4 rings (SSSR count). The van der Waals surface area contributed by atoms with Crippen molar-refractivity contribution in [2.45, 2.75) is 6.54 Å². The molecule has 10 nitrogen and oxygen atoms in total. The third-order valence-corrected chi connectivity index (χ3v) is 6.33. The van der Waals surface area contributed by atoms with Crippen molar-refractivity contribution in [1.82, 2.24) is 9.88 Å². The minimum atomic E-state index is -0.654. The van der Waals surface area contributed by atoms with Gasteiger partial charge in [-0.2, -0.15) is 0 Å². The van der Waals surface area contributed by atoms with Crippen LogP contribution in [0.2, 0.25) is 0 Å². The summed E-state index contributed by atoms with van der Waals surface area (Å²) < 4.78 is 15.8. The maximum absolute atomic E-state index is 13.1. The minimum Gasteiger partial charge on any atom is -0.493 e. The standard InChI is InChI=1S/C23H24N4O6S/c1-31-18-12-16(17(27(29)30)13-19(18)32-2)22(28)25-23-24-21(15-6-4-3-5-7-15)20(34-23)14-26-8-10-33-11-9-26/h3-7,12-13H,8-11,14H2,1-2H3,(H,24,25,28). The maximum Gasteiger partial charge on any atom is 0.286 e. The number of morpholine rings is 1. The summed E-state index contributed by atoms with van der Waals surface area (Å²) in [4.78, 5) is 32.0. The number of ether oxygens (including phenoxy) is 3. The van der Waals surface area contributed by atoms with E-state index in [1.807, 2.05) is 30.3 Å². The van der Waals surface area contributed by atoms with Crippen LogP contribution in [-0.4, -0.2) is 61.2 Å². The number of nitrogens with one attached hydrogen (secondary N) is 1. The summed E-state index contributed by atoms with van der Waals surface area (Å²) >= 11 is 1.35. The van der Waals surface area contributed by atoms with Crippen LogP contribution in [0.3, 0.4) is 0 Å².